The van der Waals surface area contributed by atoms with Crippen molar-refractivity contribution in [3.63, 3.8) is 0 Å². The van der Waals surface area contributed by atoms with Crippen LogP contribution in [0.1, 0.15) is 149 Å². The molecule has 1 heterocycles. The number of allylic oxidation sites excluding steroid dienone is 2. The molecule has 0 unspecified atom stereocenters. The van der Waals surface area contributed by atoms with E-state index in [9.17, 15) is 0 Å². The molecular weight excluding hydrogens is 1090 g/mol. The van der Waals surface area contributed by atoms with Gasteiger partial charge in [-0.05, 0) is 0 Å². The first-order valence-corrected chi connectivity index (χ1v) is 63.3. The van der Waals surface area contributed by atoms with E-state index in [1.807, 2.05) is 48.6 Å². The van der Waals surface area contributed by atoms with Gasteiger partial charge in [0.25, 0.3) is 0 Å². The van der Waals surface area contributed by atoms with Gasteiger partial charge < -0.3 is 0 Å². The molecule has 0 saturated carbocycles. The molecule has 0 bridgehead atoms. The first kappa shape index (κ1) is 65.0. The summed E-state index contributed by atoms with van der Waals surface area (Å²) in [7, 11) is -13.6. The second-order valence-electron chi connectivity index (χ2n) is 33.7. The molecule has 2 aromatic rings. The average molecular weight is 1210 g/mol. The number of hydrogen-bond donors (Lipinski definition) is 0. The summed E-state index contributed by atoms with van der Waals surface area (Å²) in [6.07, 6.45) is 5.11. The summed E-state index contributed by atoms with van der Waals surface area (Å²) < 4.78 is 12.1. The molecule has 10 heteroatoms. The summed E-state index contributed by atoms with van der Waals surface area (Å²) in [5.41, 5.74) is 11.0. The van der Waals surface area contributed by atoms with E-state index in [-0.39, 0.29) is 10.8 Å². The van der Waals surface area contributed by atoms with Crippen molar-refractivity contribution in [3.8, 4) is 0 Å². The molecule has 0 nitrogen and oxygen atoms in total. The topological polar surface area (TPSA) is 0 Å². The van der Waals surface area contributed by atoms with Crippen LogP contribution in [0.15, 0.2) is 33.1 Å². The standard InChI is InChI=1S/C60H118Ge2Si8/c1-35-37-51-43(3)62(54-49(57(67(23,24)25)68(26,27)28)41-46(60(8,9)10)42-50(54)58(69(29,30)31)70(32,33)34)52(38-36-2)44(4)61(51)53-47(55(63(11,12)13)64(14,15)16)39-45(59(5,6)7)40-48(53)56(65(17,18)19)66(20,21)22/h39-42,55-58H,35-38H2,1-34H3. The van der Waals surface area contributed by atoms with Crippen molar-refractivity contribution in [1.29, 1.82) is 0 Å². The molecule has 398 valence electrons. The molecule has 0 N–H and O–H groups in total. The monoisotopic (exact) mass is 1210 g/mol. The second kappa shape index (κ2) is 21.9. The fourth-order valence-electron chi connectivity index (χ4n) is 15.6. The Morgan fingerprint density at radius 1 is 0.371 bits per heavy atom. The van der Waals surface area contributed by atoms with E-state index in [1.54, 1.807) is 11.1 Å². The van der Waals surface area contributed by atoms with Gasteiger partial charge in [-0.15, -0.1) is 0 Å². The van der Waals surface area contributed by atoms with E-state index < -0.39 is 92.4 Å². The van der Waals surface area contributed by atoms with Gasteiger partial charge in [-0.2, -0.15) is 0 Å². The van der Waals surface area contributed by atoms with Crippen molar-refractivity contribution >= 4 is 110 Å². The first-order valence-electron chi connectivity index (χ1n) is 28.4. The van der Waals surface area contributed by atoms with E-state index in [0.717, 1.165) is 20.7 Å². The molecule has 0 aromatic heterocycles. The third kappa shape index (κ3) is 14.6. The van der Waals surface area contributed by atoms with Crippen LogP contribution >= 0.6 is 0 Å². The van der Waals surface area contributed by atoms with Crippen molar-refractivity contribution in [1.82, 2.24) is 0 Å². The van der Waals surface area contributed by atoms with Gasteiger partial charge in [0.15, 0.2) is 0 Å². The summed E-state index contributed by atoms with van der Waals surface area (Å²) in [5.74, 6) is 0. The maximum atomic E-state index is 2.92. The Balaban J connectivity index is 3.19. The fourth-order valence-corrected chi connectivity index (χ4v) is 88.8. The van der Waals surface area contributed by atoms with Gasteiger partial charge >= 0.3 is 460 Å². The van der Waals surface area contributed by atoms with Crippen molar-refractivity contribution in [3.05, 3.63) is 66.5 Å². The molecule has 1 aliphatic rings. The molecule has 0 spiro atoms. The van der Waals surface area contributed by atoms with E-state index in [4.69, 9.17) is 0 Å². The van der Waals surface area contributed by atoms with Crippen LogP contribution in [0.2, 0.25) is 157 Å². The molecule has 0 saturated heterocycles. The molecule has 0 amide bonds. The van der Waals surface area contributed by atoms with Gasteiger partial charge in [0.05, 0.1) is 0 Å². The Morgan fingerprint density at radius 2 is 0.600 bits per heavy atom. The summed E-state index contributed by atoms with van der Waals surface area (Å²) in [4.78, 5) is 0. The summed E-state index contributed by atoms with van der Waals surface area (Å²) in [6.45, 7) is 92.2. The Morgan fingerprint density at radius 3 is 0.800 bits per heavy atom. The Kier molecular flexibility index (Phi) is 20.3. The van der Waals surface area contributed by atoms with Crippen molar-refractivity contribution < 1.29 is 0 Å². The normalized spacial score (nSPS) is 16.1. The second-order valence-corrected chi connectivity index (χ2v) is 89.4. The molecule has 3 rings (SSSR count). The number of rotatable bonds is 18. The summed E-state index contributed by atoms with van der Waals surface area (Å²) in [6, 6.07) is 11.7. The molecule has 0 fully saturated rings. The molecule has 1 aliphatic heterocycles. The maximum absolute atomic E-state index is 2.92. The molecule has 2 aromatic carbocycles. The molecule has 0 radical (unpaired) electrons. The van der Waals surface area contributed by atoms with Crippen LogP contribution in [0, 0.1) is 0 Å². The molecule has 0 atom stereocenters. The molecule has 70 heavy (non-hydrogen) atoms. The molecule has 0 aliphatic carbocycles. The van der Waals surface area contributed by atoms with Crippen molar-refractivity contribution in [2.75, 3.05) is 0 Å². The van der Waals surface area contributed by atoms with Crippen molar-refractivity contribution in [2.24, 2.45) is 0 Å². The van der Waals surface area contributed by atoms with Crippen LogP contribution in [0.5, 0.6) is 0 Å². The van der Waals surface area contributed by atoms with Gasteiger partial charge in [0.1, 0.15) is 0 Å². The average Bonchev–Trinajstić information content (AvgIpc) is 3.06. The quantitative estimate of drug-likeness (QED) is 0.131. The predicted molar refractivity (Wildman–Crippen MR) is 357 cm³/mol. The van der Waals surface area contributed by atoms with Gasteiger partial charge in [0.2, 0.25) is 0 Å². The summed E-state index contributed by atoms with van der Waals surface area (Å²) >= 11 is -4.71. The zero-order valence-electron chi connectivity index (χ0n) is 53.4. The number of hydrogen-bond acceptors (Lipinski definition) is 0. The third-order valence-electron chi connectivity index (χ3n) is 16.1. The van der Waals surface area contributed by atoms with Gasteiger partial charge in [-0.1, -0.05) is 0 Å². The minimum atomic E-state index is -2.36. The fraction of sp³-hybridized carbons (Fsp3) is 0.733. The van der Waals surface area contributed by atoms with Crippen LogP contribution in [0.3, 0.4) is 0 Å². The van der Waals surface area contributed by atoms with E-state index >= 15 is 0 Å². The van der Waals surface area contributed by atoms with E-state index in [0.29, 0.717) is 0 Å². The summed E-state index contributed by atoms with van der Waals surface area (Å²) in [5, 5.41) is 2.87. The zero-order chi connectivity index (χ0) is 55.0. The SMILES string of the molecule is CCC[C]1=[C](C)[Ge]([c]2c(C([Si](C)(C)C)[Si](C)(C)C)cc(C(C)(C)C)cc2C([Si](C)(C)C)[Si](C)(C)C)=[C](CCC)[C](C)=[Ge]1[c]1c(C([Si](C)(C)C)[Si](C)(C)C)cc(C(C)(C)C)cc1C([Si](C)(C)C)[Si](C)(C)C. The van der Waals surface area contributed by atoms with Gasteiger partial charge in [0, 0.05) is 0 Å². The first-order chi connectivity index (χ1) is 30.9. The van der Waals surface area contributed by atoms with Crippen molar-refractivity contribution in [2.45, 2.75) is 284 Å². The van der Waals surface area contributed by atoms with Crippen LogP contribution in [-0.4, -0.2) is 101 Å². The van der Waals surface area contributed by atoms with Gasteiger partial charge in [-0.3, -0.25) is 0 Å². The Hall–Kier alpha value is 0.741. The van der Waals surface area contributed by atoms with E-state index in [1.165, 1.54) is 25.7 Å². The van der Waals surface area contributed by atoms with Crippen LogP contribution in [0.25, 0.3) is 0 Å². The molecular formula is C60H118Ge2Si8. The van der Waals surface area contributed by atoms with Crippen LogP contribution < -0.4 is 8.79 Å². The third-order valence-corrected chi connectivity index (χ3v) is 69.5. The predicted octanol–water partition coefficient (Wildman–Crippen LogP) is 18.3. The van der Waals surface area contributed by atoms with Gasteiger partial charge in [-0.25, -0.2) is 0 Å². The minimum absolute atomic E-state index is 0.0976. The van der Waals surface area contributed by atoms with Crippen LogP contribution in [-0.2, 0) is 10.8 Å². The zero-order valence-corrected chi connectivity index (χ0v) is 65.6. The van der Waals surface area contributed by atoms with Crippen LogP contribution in [0.4, 0.5) is 0 Å². The Labute approximate surface area is 455 Å². The Bertz CT molecular complexity index is 2150. The van der Waals surface area contributed by atoms with E-state index in [2.05, 4.69) is 251 Å². The number of benzene rings is 2.